The minimum Gasteiger partial charge on any atom is -0.479 e. The summed E-state index contributed by atoms with van der Waals surface area (Å²) in [6, 6.07) is 8.53. The van der Waals surface area contributed by atoms with E-state index in [1.807, 2.05) is 30.3 Å². The maximum absolute atomic E-state index is 12.6. The highest BCUT2D eigenvalue weighted by Gasteiger charge is 2.31. The summed E-state index contributed by atoms with van der Waals surface area (Å²) >= 11 is 0. The first-order valence-corrected chi connectivity index (χ1v) is 7.17. The molecule has 1 aliphatic heterocycles. The Labute approximate surface area is 133 Å². The molecule has 6 heteroatoms. The molecule has 3 rings (SSSR count). The minimum absolute atomic E-state index is 0.273. The molecule has 1 aromatic heterocycles. The van der Waals surface area contributed by atoms with Crippen LogP contribution >= 0.6 is 0 Å². The minimum atomic E-state index is -1.05. The number of carbonyl (C=O) groups is 2. The molecule has 0 bridgehead atoms. The van der Waals surface area contributed by atoms with E-state index in [1.54, 1.807) is 13.0 Å². The Morgan fingerprint density at radius 3 is 2.65 bits per heavy atom. The summed E-state index contributed by atoms with van der Waals surface area (Å²) in [4.78, 5) is 33.7. The van der Waals surface area contributed by atoms with Crippen LogP contribution in [0.15, 0.2) is 48.7 Å². The molecular weight excluding hydrogens is 294 g/mol. The molecule has 0 aliphatic carbocycles. The fraction of sp³-hybridized carbons (Fsp3) is 0.176. The van der Waals surface area contributed by atoms with E-state index in [0.29, 0.717) is 17.1 Å². The van der Waals surface area contributed by atoms with Crippen LogP contribution in [0.2, 0.25) is 0 Å². The Morgan fingerprint density at radius 1 is 1.26 bits per heavy atom. The monoisotopic (exact) mass is 309 g/mol. The topological polar surface area (TPSA) is 83.4 Å². The van der Waals surface area contributed by atoms with Gasteiger partial charge in [0, 0.05) is 18.3 Å². The molecule has 116 valence electrons. The maximum Gasteiger partial charge on any atom is 0.330 e. The van der Waals surface area contributed by atoms with Crippen molar-refractivity contribution in [2.45, 2.75) is 13.0 Å². The highest BCUT2D eigenvalue weighted by atomic mass is 16.4. The molecule has 2 aromatic rings. The molecule has 0 saturated carbocycles. The Balaban J connectivity index is 1.89. The summed E-state index contributed by atoms with van der Waals surface area (Å²) in [6.07, 6.45) is 4.64. The predicted octanol–water partition coefficient (Wildman–Crippen LogP) is 1.92. The third kappa shape index (κ3) is 2.83. The van der Waals surface area contributed by atoms with Crippen molar-refractivity contribution in [3.8, 4) is 11.4 Å². The van der Waals surface area contributed by atoms with E-state index in [1.165, 1.54) is 17.2 Å². The van der Waals surface area contributed by atoms with E-state index in [0.717, 1.165) is 5.56 Å². The van der Waals surface area contributed by atoms with Gasteiger partial charge in [0.25, 0.3) is 5.91 Å². The molecule has 1 amide bonds. The molecule has 0 fully saturated rings. The van der Waals surface area contributed by atoms with Gasteiger partial charge in [-0.1, -0.05) is 42.5 Å². The molecule has 0 radical (unpaired) electrons. The van der Waals surface area contributed by atoms with Crippen molar-refractivity contribution in [1.29, 1.82) is 0 Å². The Kier molecular flexibility index (Phi) is 3.89. The average molecular weight is 309 g/mol. The van der Waals surface area contributed by atoms with Crippen molar-refractivity contribution in [3.05, 3.63) is 59.9 Å². The number of aromatic nitrogens is 2. The fourth-order valence-electron chi connectivity index (χ4n) is 2.50. The van der Waals surface area contributed by atoms with Gasteiger partial charge in [0.05, 0.1) is 11.3 Å². The zero-order chi connectivity index (χ0) is 16.4. The van der Waals surface area contributed by atoms with Crippen LogP contribution in [0.3, 0.4) is 0 Å². The van der Waals surface area contributed by atoms with Gasteiger partial charge in [-0.2, -0.15) is 0 Å². The van der Waals surface area contributed by atoms with Gasteiger partial charge in [-0.25, -0.2) is 14.8 Å². The van der Waals surface area contributed by atoms with Crippen LogP contribution < -0.4 is 0 Å². The van der Waals surface area contributed by atoms with Crippen LogP contribution in [0.4, 0.5) is 0 Å². The first-order valence-electron chi connectivity index (χ1n) is 7.17. The molecule has 0 saturated heterocycles. The molecular formula is C17H15N3O3. The number of hydrogen-bond acceptors (Lipinski definition) is 4. The van der Waals surface area contributed by atoms with Crippen molar-refractivity contribution >= 4 is 11.9 Å². The third-order valence-electron chi connectivity index (χ3n) is 3.71. The first-order chi connectivity index (χ1) is 11.1. The van der Waals surface area contributed by atoms with Crippen molar-refractivity contribution < 1.29 is 14.7 Å². The number of aliphatic carboxylic acids is 1. The van der Waals surface area contributed by atoms with E-state index >= 15 is 0 Å². The number of nitrogens with zero attached hydrogens (tertiary/aromatic N) is 3. The number of amides is 1. The molecule has 1 N–H and O–H groups in total. The molecule has 1 aromatic carbocycles. The van der Waals surface area contributed by atoms with E-state index in [9.17, 15) is 9.59 Å². The van der Waals surface area contributed by atoms with Crippen molar-refractivity contribution in [3.63, 3.8) is 0 Å². The second kappa shape index (κ2) is 6.00. The number of carbonyl (C=O) groups excluding carboxylic acids is 1. The molecule has 0 spiro atoms. The van der Waals surface area contributed by atoms with E-state index in [2.05, 4.69) is 9.97 Å². The summed E-state index contributed by atoms with van der Waals surface area (Å²) in [6.45, 7) is 2.00. The zero-order valence-corrected chi connectivity index (χ0v) is 12.5. The van der Waals surface area contributed by atoms with Crippen LogP contribution in [-0.4, -0.2) is 44.4 Å². The van der Waals surface area contributed by atoms with Crippen molar-refractivity contribution in [2.24, 2.45) is 0 Å². The molecule has 1 atom stereocenters. The van der Waals surface area contributed by atoms with Crippen LogP contribution in [-0.2, 0) is 4.79 Å². The highest BCUT2D eigenvalue weighted by molar-refractivity contribution is 5.98. The lowest BCUT2D eigenvalue weighted by Crippen LogP contribution is -2.41. The largest absolute Gasteiger partial charge is 0.479 e. The van der Waals surface area contributed by atoms with E-state index in [4.69, 9.17) is 5.11 Å². The molecule has 6 nitrogen and oxygen atoms in total. The Hall–Kier alpha value is -3.02. The lowest BCUT2D eigenvalue weighted by molar-refractivity contribution is -0.140. The summed E-state index contributed by atoms with van der Waals surface area (Å²) in [5, 5.41) is 9.17. The standard InChI is InChI=1S/C17H15N3O3/c1-11-13(16(21)20-9-5-8-14(20)17(22)23)10-18-15(19-11)12-6-3-2-4-7-12/h2-8,10,14H,9H2,1H3,(H,22,23)/t14-/m0/s1. The van der Waals surface area contributed by atoms with Crippen LogP contribution in [0, 0.1) is 6.92 Å². The van der Waals surface area contributed by atoms with Gasteiger partial charge < -0.3 is 10.0 Å². The lowest BCUT2D eigenvalue weighted by atomic mass is 10.1. The quantitative estimate of drug-likeness (QED) is 0.876. The SMILES string of the molecule is Cc1nc(-c2ccccc2)ncc1C(=O)N1CC=C[C@H]1C(=O)O. The number of benzene rings is 1. The van der Waals surface area contributed by atoms with Gasteiger partial charge in [-0.3, -0.25) is 4.79 Å². The normalized spacial score (nSPS) is 16.6. The van der Waals surface area contributed by atoms with E-state index in [-0.39, 0.29) is 12.5 Å². The van der Waals surface area contributed by atoms with Gasteiger partial charge in [-0.05, 0) is 6.92 Å². The van der Waals surface area contributed by atoms with E-state index < -0.39 is 12.0 Å². The third-order valence-corrected chi connectivity index (χ3v) is 3.71. The predicted molar refractivity (Wildman–Crippen MR) is 83.8 cm³/mol. The summed E-state index contributed by atoms with van der Waals surface area (Å²) in [5.41, 5.74) is 1.71. The Morgan fingerprint density at radius 2 is 2.00 bits per heavy atom. The van der Waals surface area contributed by atoms with Crippen LogP contribution in [0.1, 0.15) is 16.1 Å². The van der Waals surface area contributed by atoms with Crippen molar-refractivity contribution in [1.82, 2.24) is 14.9 Å². The highest BCUT2D eigenvalue weighted by Crippen LogP contribution is 2.19. The summed E-state index contributed by atoms with van der Waals surface area (Å²) in [7, 11) is 0. The lowest BCUT2D eigenvalue weighted by Gasteiger charge is -2.22. The van der Waals surface area contributed by atoms with Gasteiger partial charge in [-0.15, -0.1) is 0 Å². The fourth-order valence-corrected chi connectivity index (χ4v) is 2.50. The molecule has 23 heavy (non-hydrogen) atoms. The second-order valence-corrected chi connectivity index (χ2v) is 5.23. The average Bonchev–Trinajstić information content (AvgIpc) is 3.05. The number of carboxylic acids is 1. The molecule has 2 heterocycles. The van der Waals surface area contributed by atoms with Gasteiger partial charge in [0.1, 0.15) is 6.04 Å². The number of hydrogen-bond donors (Lipinski definition) is 1. The van der Waals surface area contributed by atoms with Crippen LogP contribution in [0.5, 0.6) is 0 Å². The summed E-state index contributed by atoms with van der Waals surface area (Å²) in [5.74, 6) is -0.889. The molecule has 0 unspecified atom stereocenters. The number of carboxylic acid groups (broad SMARTS) is 1. The van der Waals surface area contributed by atoms with Gasteiger partial charge in [0.15, 0.2) is 5.82 Å². The second-order valence-electron chi connectivity index (χ2n) is 5.23. The number of rotatable bonds is 3. The van der Waals surface area contributed by atoms with Crippen molar-refractivity contribution in [2.75, 3.05) is 6.54 Å². The zero-order valence-electron chi connectivity index (χ0n) is 12.5. The molecule has 1 aliphatic rings. The number of aryl methyl sites for hydroxylation is 1. The first kappa shape index (κ1) is 14.9. The maximum atomic E-state index is 12.6. The summed E-state index contributed by atoms with van der Waals surface area (Å²) < 4.78 is 0. The van der Waals surface area contributed by atoms with Gasteiger partial charge >= 0.3 is 5.97 Å². The Bertz CT molecular complexity index is 787. The van der Waals surface area contributed by atoms with Gasteiger partial charge in [0.2, 0.25) is 0 Å². The van der Waals surface area contributed by atoms with Crippen LogP contribution in [0.25, 0.3) is 11.4 Å². The smallest absolute Gasteiger partial charge is 0.330 e.